The second kappa shape index (κ2) is 9.29. The van der Waals surface area contributed by atoms with E-state index in [0.717, 1.165) is 66.5 Å². The van der Waals surface area contributed by atoms with Gasteiger partial charge in [0.15, 0.2) is 0 Å². The summed E-state index contributed by atoms with van der Waals surface area (Å²) in [6.45, 7) is 0. The van der Waals surface area contributed by atoms with Crippen LogP contribution in [0.5, 0.6) is 0 Å². The van der Waals surface area contributed by atoms with E-state index in [-0.39, 0.29) is 0 Å². The van der Waals surface area contributed by atoms with Gasteiger partial charge in [0.1, 0.15) is 22.3 Å². The molecule has 0 unspecified atom stereocenters. The highest BCUT2D eigenvalue weighted by atomic mass is 16.3. The first-order valence-electron chi connectivity index (χ1n) is 14.2. The molecule has 0 radical (unpaired) electrons. The molecule has 4 aromatic heterocycles. The van der Waals surface area contributed by atoms with Gasteiger partial charge in [-0.1, -0.05) is 48.5 Å². The second-order valence-corrected chi connectivity index (χ2v) is 10.8. The molecular formula is C38H23N3O2. The topological polar surface area (TPSA) is 55.3 Å². The lowest BCUT2D eigenvalue weighted by Gasteiger charge is -2.26. The van der Waals surface area contributed by atoms with Gasteiger partial charge in [-0.3, -0.25) is 9.97 Å². The molecular weight excluding hydrogens is 530 g/mol. The fourth-order valence-electron chi connectivity index (χ4n) is 6.14. The fraction of sp³-hybridized carbons (Fsp3) is 0. The van der Waals surface area contributed by atoms with Crippen LogP contribution in [0.25, 0.3) is 65.8 Å². The van der Waals surface area contributed by atoms with Gasteiger partial charge in [0.25, 0.3) is 0 Å². The molecule has 5 heteroatoms. The van der Waals surface area contributed by atoms with Crippen molar-refractivity contribution in [3.8, 4) is 11.1 Å². The molecule has 0 spiro atoms. The van der Waals surface area contributed by atoms with Gasteiger partial charge in [-0.15, -0.1) is 0 Å². The number of nitrogens with zero attached hydrogens (tertiary/aromatic N) is 3. The molecule has 202 valence electrons. The Hall–Kier alpha value is -5.94. The molecule has 0 bridgehead atoms. The van der Waals surface area contributed by atoms with Crippen molar-refractivity contribution in [1.29, 1.82) is 0 Å². The lowest BCUT2D eigenvalue weighted by atomic mass is 10.0. The number of anilines is 3. The Morgan fingerprint density at radius 1 is 0.419 bits per heavy atom. The highest BCUT2D eigenvalue weighted by Crippen LogP contribution is 2.41. The van der Waals surface area contributed by atoms with Crippen LogP contribution in [-0.2, 0) is 0 Å². The summed E-state index contributed by atoms with van der Waals surface area (Å²) in [6.07, 6.45) is 7.23. The zero-order chi connectivity index (χ0) is 28.3. The van der Waals surface area contributed by atoms with Gasteiger partial charge in [-0.05, 0) is 76.5 Å². The van der Waals surface area contributed by atoms with Crippen molar-refractivity contribution in [2.24, 2.45) is 0 Å². The van der Waals surface area contributed by atoms with E-state index in [1.165, 1.54) is 16.3 Å². The number of fused-ring (bicyclic) bond motifs is 7. The third kappa shape index (κ3) is 3.86. The van der Waals surface area contributed by atoms with Gasteiger partial charge in [-0.25, -0.2) is 0 Å². The van der Waals surface area contributed by atoms with Crippen molar-refractivity contribution in [1.82, 2.24) is 9.97 Å². The summed E-state index contributed by atoms with van der Waals surface area (Å²) in [5.74, 6) is 0. The van der Waals surface area contributed by atoms with E-state index in [9.17, 15) is 0 Å². The summed E-state index contributed by atoms with van der Waals surface area (Å²) in [7, 11) is 0. The number of pyridine rings is 2. The third-order valence-electron chi connectivity index (χ3n) is 8.22. The van der Waals surface area contributed by atoms with Gasteiger partial charge in [0, 0.05) is 75.5 Å². The van der Waals surface area contributed by atoms with Crippen molar-refractivity contribution in [2.45, 2.75) is 0 Å². The van der Waals surface area contributed by atoms with Crippen molar-refractivity contribution < 1.29 is 8.83 Å². The normalized spacial score (nSPS) is 11.7. The number of benzene rings is 5. The van der Waals surface area contributed by atoms with Crippen LogP contribution in [0.4, 0.5) is 17.1 Å². The molecule has 0 atom stereocenters. The molecule has 9 aromatic rings. The molecule has 9 rings (SSSR count). The number of furan rings is 2. The summed E-state index contributed by atoms with van der Waals surface area (Å²) in [5.41, 5.74) is 8.56. The van der Waals surface area contributed by atoms with Crippen molar-refractivity contribution >= 4 is 71.7 Å². The summed E-state index contributed by atoms with van der Waals surface area (Å²) in [4.78, 5) is 10.9. The zero-order valence-corrected chi connectivity index (χ0v) is 22.9. The average Bonchev–Trinajstić information content (AvgIpc) is 3.62. The highest BCUT2D eigenvalue weighted by molar-refractivity contribution is 6.07. The predicted molar refractivity (Wildman–Crippen MR) is 174 cm³/mol. The Labute approximate surface area is 246 Å². The number of aromatic nitrogens is 2. The van der Waals surface area contributed by atoms with Gasteiger partial charge in [-0.2, -0.15) is 0 Å². The van der Waals surface area contributed by atoms with E-state index >= 15 is 0 Å². The maximum Gasteiger partial charge on any atom is 0.138 e. The molecule has 0 saturated heterocycles. The molecule has 0 saturated carbocycles. The summed E-state index contributed by atoms with van der Waals surface area (Å²) in [5, 5.41) is 6.54. The molecule has 0 amide bonds. The first-order chi connectivity index (χ1) is 21.3. The van der Waals surface area contributed by atoms with E-state index in [1.807, 2.05) is 24.5 Å². The maximum absolute atomic E-state index is 6.27. The Kier molecular flexibility index (Phi) is 5.13. The van der Waals surface area contributed by atoms with Crippen LogP contribution in [0.15, 0.2) is 149 Å². The smallest absolute Gasteiger partial charge is 0.138 e. The molecule has 4 heterocycles. The average molecular weight is 554 g/mol. The van der Waals surface area contributed by atoms with Crippen molar-refractivity contribution in [2.75, 3.05) is 4.90 Å². The van der Waals surface area contributed by atoms with E-state index in [1.54, 1.807) is 12.4 Å². The largest absolute Gasteiger partial charge is 0.456 e. The van der Waals surface area contributed by atoms with E-state index < -0.39 is 0 Å². The molecule has 0 aliphatic carbocycles. The second-order valence-electron chi connectivity index (χ2n) is 10.8. The quantitative estimate of drug-likeness (QED) is 0.217. The highest BCUT2D eigenvalue weighted by Gasteiger charge is 2.18. The van der Waals surface area contributed by atoms with Crippen LogP contribution in [0.3, 0.4) is 0 Å². The van der Waals surface area contributed by atoms with Crippen LogP contribution < -0.4 is 4.90 Å². The van der Waals surface area contributed by atoms with Gasteiger partial charge in [0.05, 0.1) is 0 Å². The molecule has 0 aliphatic rings. The fourth-order valence-corrected chi connectivity index (χ4v) is 6.14. The Bertz CT molecular complexity index is 2380. The van der Waals surface area contributed by atoms with E-state index in [0.29, 0.717) is 0 Å². The Morgan fingerprint density at radius 2 is 1.02 bits per heavy atom. The number of rotatable bonds is 4. The lowest BCUT2D eigenvalue weighted by molar-refractivity contribution is 0.668. The SMILES string of the molecule is c1cc(-c2ccc3ccccc3c2)cc(N(c2ccc3c(c2)oc2ccncc23)c2ccc3c(c2)oc2ccncc23)c1. The third-order valence-corrected chi connectivity index (χ3v) is 8.22. The van der Waals surface area contributed by atoms with E-state index in [4.69, 9.17) is 8.83 Å². The predicted octanol–water partition coefficient (Wildman–Crippen LogP) is 10.6. The van der Waals surface area contributed by atoms with Gasteiger partial charge < -0.3 is 13.7 Å². The molecule has 0 aliphatic heterocycles. The van der Waals surface area contributed by atoms with Crippen LogP contribution in [0.1, 0.15) is 0 Å². The number of hydrogen-bond acceptors (Lipinski definition) is 5. The summed E-state index contributed by atoms with van der Waals surface area (Å²) >= 11 is 0. The molecule has 5 aromatic carbocycles. The molecule has 5 nitrogen and oxygen atoms in total. The maximum atomic E-state index is 6.27. The Balaban J connectivity index is 1.24. The Morgan fingerprint density at radius 3 is 1.70 bits per heavy atom. The minimum atomic E-state index is 0.812. The van der Waals surface area contributed by atoms with Crippen LogP contribution in [0, 0.1) is 0 Å². The van der Waals surface area contributed by atoms with Crippen LogP contribution in [-0.4, -0.2) is 9.97 Å². The minimum absolute atomic E-state index is 0.812. The van der Waals surface area contributed by atoms with Crippen LogP contribution >= 0.6 is 0 Å². The first kappa shape index (κ1) is 23.7. The molecule has 43 heavy (non-hydrogen) atoms. The monoisotopic (exact) mass is 553 g/mol. The van der Waals surface area contributed by atoms with Crippen molar-refractivity contribution in [3.05, 3.63) is 140 Å². The number of hydrogen-bond donors (Lipinski definition) is 0. The molecule has 0 N–H and O–H groups in total. The van der Waals surface area contributed by atoms with Crippen LogP contribution in [0.2, 0.25) is 0 Å². The summed E-state index contributed by atoms with van der Waals surface area (Å²) < 4.78 is 12.5. The van der Waals surface area contributed by atoms with Gasteiger partial charge >= 0.3 is 0 Å². The first-order valence-corrected chi connectivity index (χ1v) is 14.2. The van der Waals surface area contributed by atoms with Crippen molar-refractivity contribution in [3.63, 3.8) is 0 Å². The lowest BCUT2D eigenvalue weighted by Crippen LogP contribution is -2.09. The zero-order valence-electron chi connectivity index (χ0n) is 22.9. The summed E-state index contributed by atoms with van der Waals surface area (Å²) in [6, 6.07) is 40.3. The molecule has 0 fully saturated rings. The van der Waals surface area contributed by atoms with E-state index in [2.05, 4.69) is 118 Å². The minimum Gasteiger partial charge on any atom is -0.456 e. The standard InChI is InChI=1S/C38H23N3O2/c1-2-5-25-18-27(9-8-24(25)4-1)26-6-3-7-28(19-26)41(29-10-12-31-33-22-39-16-14-35(33)42-37(31)20-29)30-11-13-32-34-23-40-17-15-36(34)43-38(32)21-30/h1-23H. The van der Waals surface area contributed by atoms with Gasteiger partial charge in [0.2, 0.25) is 0 Å².